The van der Waals surface area contributed by atoms with Gasteiger partial charge in [0.2, 0.25) is 5.88 Å². The highest BCUT2D eigenvalue weighted by molar-refractivity contribution is 7.73. The van der Waals surface area contributed by atoms with E-state index in [1.54, 1.807) is 37.6 Å². The molecule has 0 saturated carbocycles. The van der Waals surface area contributed by atoms with Crippen molar-refractivity contribution < 1.29 is 14.6 Å². The van der Waals surface area contributed by atoms with Crippen LogP contribution in [0.1, 0.15) is 33.3 Å². The molecule has 0 bridgehead atoms. The Kier molecular flexibility index (Phi) is 5.52. The Morgan fingerprint density at radius 3 is 2.77 bits per heavy atom. The highest BCUT2D eigenvalue weighted by Crippen LogP contribution is 2.37. The monoisotopic (exact) mass is 437 g/mol. The number of aromatic nitrogens is 1. The van der Waals surface area contributed by atoms with Crippen LogP contribution in [0.2, 0.25) is 0 Å². The number of nitrogens with one attached hydrogen (secondary N) is 1. The predicted molar refractivity (Wildman–Crippen MR) is 123 cm³/mol. The fourth-order valence-corrected chi connectivity index (χ4v) is 4.39. The Labute approximate surface area is 182 Å². The summed E-state index contributed by atoms with van der Waals surface area (Å²) in [6, 6.07) is 12.7. The third-order valence-corrected chi connectivity index (χ3v) is 6.12. The third kappa shape index (κ3) is 3.67. The van der Waals surface area contributed by atoms with Crippen molar-refractivity contribution in [1.82, 2.24) is 4.68 Å². The number of para-hydroxylation sites is 1. The average Bonchev–Trinajstić information content (AvgIpc) is 3.30. The molecular formula is C22H19N3O3S2. The van der Waals surface area contributed by atoms with Crippen molar-refractivity contribution in [2.45, 2.75) is 13.3 Å². The molecule has 1 amide bonds. The molecule has 1 aromatic heterocycles. The number of hydrogen-bond donors (Lipinski definition) is 2. The maximum absolute atomic E-state index is 12.5. The van der Waals surface area contributed by atoms with Gasteiger partial charge in [0.25, 0.3) is 5.91 Å². The van der Waals surface area contributed by atoms with Crippen molar-refractivity contribution in [3.8, 4) is 11.6 Å². The molecule has 2 aromatic carbocycles. The number of ether oxygens (including phenoxy) is 1. The second-order valence-corrected chi connectivity index (χ2v) is 8.26. The van der Waals surface area contributed by atoms with Crippen molar-refractivity contribution in [3.63, 3.8) is 0 Å². The fraction of sp³-hybridized carbons (Fsp3) is 0.136. The van der Waals surface area contributed by atoms with E-state index in [1.165, 1.54) is 21.6 Å². The molecule has 30 heavy (non-hydrogen) atoms. The van der Waals surface area contributed by atoms with Gasteiger partial charge >= 0.3 is 0 Å². The van der Waals surface area contributed by atoms with E-state index >= 15 is 0 Å². The number of thiazole rings is 1. The Bertz CT molecular complexity index is 1240. The van der Waals surface area contributed by atoms with E-state index in [9.17, 15) is 9.90 Å². The Hall–Kier alpha value is -3.23. The number of rotatable bonds is 5. The molecule has 0 atom stereocenters. The molecule has 6 nitrogen and oxygen atoms in total. The first kappa shape index (κ1) is 20.1. The number of carbonyl (C=O) groups excluding carboxylic acids is 1. The fourth-order valence-electron chi connectivity index (χ4n) is 3.21. The first-order chi connectivity index (χ1) is 14.5. The van der Waals surface area contributed by atoms with Crippen molar-refractivity contribution in [2.24, 2.45) is 4.99 Å². The van der Waals surface area contributed by atoms with E-state index in [0.29, 0.717) is 20.1 Å². The number of nitrogens with zero attached hydrogens (tertiary/aromatic N) is 2. The molecule has 1 aliphatic heterocycles. The normalized spacial score (nSPS) is 13.5. The number of allylic oxidation sites excluding steroid dienone is 1. The van der Waals surface area contributed by atoms with Crippen LogP contribution in [0, 0.1) is 3.95 Å². The Morgan fingerprint density at radius 2 is 2.07 bits per heavy atom. The number of amides is 1. The number of hydrogen-bond acceptors (Lipinski definition) is 6. The van der Waals surface area contributed by atoms with E-state index in [2.05, 4.69) is 23.4 Å². The lowest BCUT2D eigenvalue weighted by Gasteiger charge is -2.08. The number of aromatic hydroxyl groups is 1. The largest absolute Gasteiger partial charge is 0.497 e. The Balaban J connectivity index is 1.62. The van der Waals surface area contributed by atoms with E-state index in [0.717, 1.165) is 23.2 Å². The van der Waals surface area contributed by atoms with E-state index < -0.39 is 0 Å². The van der Waals surface area contributed by atoms with Crippen molar-refractivity contribution in [2.75, 3.05) is 12.5 Å². The van der Waals surface area contributed by atoms with Crippen LogP contribution in [0.5, 0.6) is 11.6 Å². The van der Waals surface area contributed by atoms with Crippen LogP contribution < -0.4 is 10.2 Å². The molecule has 3 aromatic rings. The Morgan fingerprint density at radius 1 is 1.30 bits per heavy atom. The molecule has 4 rings (SSSR count). The summed E-state index contributed by atoms with van der Waals surface area (Å²) in [5, 5.41) is 10.7. The van der Waals surface area contributed by atoms with Crippen LogP contribution in [0.15, 0.2) is 47.5 Å². The highest BCUT2D eigenvalue weighted by atomic mass is 32.1. The minimum Gasteiger partial charge on any atom is -0.497 e. The summed E-state index contributed by atoms with van der Waals surface area (Å²) in [5.41, 5.74) is 7.11. The van der Waals surface area contributed by atoms with Crippen LogP contribution in [0.4, 0.5) is 5.69 Å². The van der Waals surface area contributed by atoms with Crippen LogP contribution >= 0.6 is 23.6 Å². The van der Waals surface area contributed by atoms with Gasteiger partial charge in [0, 0.05) is 22.9 Å². The standard InChI is InChI=1S/C22H19N3O3S2/c1-3-13-5-4-6-17-15(12-23-19(13)17)11-18-21(27)25(22(29)30-18)24-20(26)14-7-9-16(28-2)10-8-14/h4-12,27H,3H2,1-2H3,(H,24,26). The number of fused-ring (bicyclic) bond motifs is 1. The molecule has 1 aliphatic rings. The van der Waals surface area contributed by atoms with Gasteiger partial charge < -0.3 is 9.84 Å². The molecular weight excluding hydrogens is 418 g/mol. The first-order valence-corrected chi connectivity index (χ1v) is 10.5. The molecule has 2 N–H and O–H groups in total. The average molecular weight is 438 g/mol. The zero-order valence-electron chi connectivity index (χ0n) is 16.4. The maximum atomic E-state index is 12.5. The lowest BCUT2D eigenvalue weighted by molar-refractivity contribution is 0.101. The minimum absolute atomic E-state index is 0.118. The maximum Gasteiger partial charge on any atom is 0.270 e. The topological polar surface area (TPSA) is 75.9 Å². The van der Waals surface area contributed by atoms with Gasteiger partial charge in [-0.2, -0.15) is 4.68 Å². The zero-order valence-corrected chi connectivity index (χ0v) is 18.0. The second kappa shape index (κ2) is 8.25. The molecule has 0 fully saturated rings. The molecule has 2 heterocycles. The van der Waals surface area contributed by atoms with E-state index in [-0.39, 0.29) is 11.8 Å². The van der Waals surface area contributed by atoms with Crippen LogP contribution in [-0.4, -0.2) is 29.0 Å². The number of aryl methyl sites for hydroxylation is 1. The number of benzene rings is 2. The van der Waals surface area contributed by atoms with Crippen LogP contribution in [0.3, 0.4) is 0 Å². The summed E-state index contributed by atoms with van der Waals surface area (Å²) >= 11 is 6.56. The quantitative estimate of drug-likeness (QED) is 0.538. The summed E-state index contributed by atoms with van der Waals surface area (Å²) in [6.07, 6.45) is 4.51. The van der Waals surface area contributed by atoms with Crippen LogP contribution in [-0.2, 0) is 6.42 Å². The molecule has 0 spiro atoms. The number of aliphatic imine (C=N–C) groups is 1. The zero-order chi connectivity index (χ0) is 21.3. The van der Waals surface area contributed by atoms with Gasteiger partial charge in [-0.1, -0.05) is 36.5 Å². The summed E-state index contributed by atoms with van der Waals surface area (Å²) in [7, 11) is 1.56. The van der Waals surface area contributed by atoms with Gasteiger partial charge in [0.1, 0.15) is 5.75 Å². The molecule has 0 saturated heterocycles. The van der Waals surface area contributed by atoms with Gasteiger partial charge in [0.15, 0.2) is 3.95 Å². The third-order valence-electron chi connectivity index (χ3n) is 4.81. The minimum atomic E-state index is -0.388. The SMILES string of the molecule is CCc1cccc2c1N=CC2=Cc1sc(=S)n(NC(=O)c2ccc(OC)cc2)c1O. The van der Waals surface area contributed by atoms with Crippen molar-refractivity contribution in [3.05, 3.63) is 68.0 Å². The number of methoxy groups -OCH3 is 1. The molecule has 152 valence electrons. The summed E-state index contributed by atoms with van der Waals surface area (Å²) in [4.78, 5) is 17.6. The van der Waals surface area contributed by atoms with Crippen molar-refractivity contribution in [1.29, 1.82) is 0 Å². The summed E-state index contributed by atoms with van der Waals surface area (Å²) < 4.78 is 6.65. The molecule has 0 unspecified atom stereocenters. The van der Waals surface area contributed by atoms with Crippen molar-refractivity contribution >= 4 is 53.0 Å². The van der Waals surface area contributed by atoms with E-state index in [1.807, 2.05) is 18.2 Å². The summed E-state index contributed by atoms with van der Waals surface area (Å²) in [6.45, 7) is 2.09. The van der Waals surface area contributed by atoms with Gasteiger partial charge in [-0.25, -0.2) is 0 Å². The van der Waals surface area contributed by atoms with E-state index in [4.69, 9.17) is 17.0 Å². The van der Waals surface area contributed by atoms with Crippen LogP contribution in [0.25, 0.3) is 11.6 Å². The molecule has 0 aliphatic carbocycles. The number of carbonyl (C=O) groups is 1. The van der Waals surface area contributed by atoms with Gasteiger partial charge in [0.05, 0.1) is 17.7 Å². The molecule has 8 heteroatoms. The van der Waals surface area contributed by atoms with Gasteiger partial charge in [-0.15, -0.1) is 0 Å². The first-order valence-electron chi connectivity index (χ1n) is 9.30. The van der Waals surface area contributed by atoms with Gasteiger partial charge in [-0.05, 0) is 54.5 Å². The van der Waals surface area contributed by atoms with Gasteiger partial charge in [-0.3, -0.25) is 15.2 Å². The lowest BCUT2D eigenvalue weighted by atomic mass is 10.0. The lowest BCUT2D eigenvalue weighted by Crippen LogP contribution is -2.22. The molecule has 0 radical (unpaired) electrons. The smallest absolute Gasteiger partial charge is 0.270 e. The second-order valence-electron chi connectivity index (χ2n) is 6.59. The predicted octanol–water partition coefficient (Wildman–Crippen LogP) is 5.20. The highest BCUT2D eigenvalue weighted by Gasteiger charge is 2.18. The summed E-state index contributed by atoms with van der Waals surface area (Å²) in [5.74, 6) is 0.148.